The third-order valence-electron chi connectivity index (χ3n) is 4.62. The molecular weight excluding hydrogens is 389 g/mol. The molecule has 3 aromatic rings. The highest BCUT2D eigenvalue weighted by Crippen LogP contribution is 2.28. The lowest BCUT2D eigenvalue weighted by Gasteiger charge is -2.11. The number of pyridine rings is 1. The third kappa shape index (κ3) is 3.42. The van der Waals surface area contributed by atoms with E-state index in [2.05, 4.69) is 4.98 Å². The molecule has 1 aliphatic heterocycles. The molecule has 1 N–H and O–H groups in total. The van der Waals surface area contributed by atoms with Gasteiger partial charge in [0.05, 0.1) is 28.8 Å². The molecule has 0 amide bonds. The summed E-state index contributed by atoms with van der Waals surface area (Å²) in [6.07, 6.45) is 6.02. The maximum absolute atomic E-state index is 6.24. The zero-order valence-electron chi connectivity index (χ0n) is 14.0. The van der Waals surface area contributed by atoms with Crippen LogP contribution in [0.1, 0.15) is 12.8 Å². The molecule has 26 heavy (non-hydrogen) atoms. The van der Waals surface area contributed by atoms with Gasteiger partial charge in [-0.2, -0.15) is 4.68 Å². The van der Waals surface area contributed by atoms with E-state index >= 15 is 0 Å². The first-order valence-electron chi connectivity index (χ1n) is 8.53. The summed E-state index contributed by atoms with van der Waals surface area (Å²) in [5, 5.41) is 5.83. The fourth-order valence-corrected chi connectivity index (χ4v) is 3.89. The zero-order chi connectivity index (χ0) is 18.1. The van der Waals surface area contributed by atoms with Crippen molar-refractivity contribution >= 4 is 35.4 Å². The van der Waals surface area contributed by atoms with Gasteiger partial charge < -0.3 is 4.90 Å². The highest BCUT2D eigenvalue weighted by Gasteiger charge is 2.20. The number of hydrogen-bond acceptors (Lipinski definition) is 3. The van der Waals surface area contributed by atoms with Crippen molar-refractivity contribution in [3.63, 3.8) is 0 Å². The van der Waals surface area contributed by atoms with E-state index in [1.807, 2.05) is 33.5 Å². The van der Waals surface area contributed by atoms with E-state index in [0.29, 0.717) is 14.8 Å². The first-order valence-corrected chi connectivity index (χ1v) is 9.69. The molecule has 4 rings (SSSR count). The monoisotopic (exact) mass is 406 g/mol. The van der Waals surface area contributed by atoms with Crippen molar-refractivity contribution in [1.82, 2.24) is 19.3 Å². The lowest BCUT2D eigenvalue weighted by molar-refractivity contribution is -0.911. The molecule has 3 heterocycles. The number of nitrogens with one attached hydrogen (secondary N) is 1. The van der Waals surface area contributed by atoms with E-state index in [4.69, 9.17) is 40.5 Å². The van der Waals surface area contributed by atoms with Crippen molar-refractivity contribution in [3.8, 4) is 17.1 Å². The molecule has 0 radical (unpaired) electrons. The van der Waals surface area contributed by atoms with Gasteiger partial charge in [0, 0.05) is 30.8 Å². The van der Waals surface area contributed by atoms with E-state index < -0.39 is 0 Å². The molecule has 0 spiro atoms. The normalized spacial score (nSPS) is 14.8. The summed E-state index contributed by atoms with van der Waals surface area (Å²) in [6.45, 7) is 3.09. The molecule has 2 aromatic heterocycles. The average molecular weight is 407 g/mol. The van der Waals surface area contributed by atoms with Crippen LogP contribution in [-0.4, -0.2) is 32.4 Å². The number of hydrogen-bond donors (Lipinski definition) is 1. The maximum Gasteiger partial charge on any atom is 0.207 e. The van der Waals surface area contributed by atoms with Crippen LogP contribution in [0.2, 0.25) is 10.0 Å². The Morgan fingerprint density at radius 1 is 1.04 bits per heavy atom. The van der Waals surface area contributed by atoms with Crippen LogP contribution >= 0.6 is 35.4 Å². The first-order chi connectivity index (χ1) is 12.6. The van der Waals surface area contributed by atoms with Gasteiger partial charge in [0.1, 0.15) is 0 Å². The van der Waals surface area contributed by atoms with Crippen molar-refractivity contribution < 1.29 is 4.90 Å². The molecule has 0 unspecified atom stereocenters. The smallest absolute Gasteiger partial charge is 0.207 e. The SMILES string of the molecule is S=c1n(C[NH+]2CCCC2)nc(-c2ccncc2)n1-c1ccc(Cl)c(Cl)c1. The molecule has 1 fully saturated rings. The second-order valence-corrected chi connectivity index (χ2v) is 7.57. The Balaban J connectivity index is 1.85. The Kier molecular flexibility index (Phi) is 5.09. The number of aromatic nitrogens is 4. The predicted octanol–water partition coefficient (Wildman–Crippen LogP) is 3.41. The number of halogens is 2. The van der Waals surface area contributed by atoms with Crippen LogP contribution in [0.3, 0.4) is 0 Å². The highest BCUT2D eigenvalue weighted by atomic mass is 35.5. The molecule has 134 valence electrons. The van der Waals surface area contributed by atoms with Crippen molar-refractivity contribution in [2.75, 3.05) is 13.1 Å². The van der Waals surface area contributed by atoms with Crippen LogP contribution in [0, 0.1) is 4.77 Å². The van der Waals surface area contributed by atoms with E-state index in [1.54, 1.807) is 18.5 Å². The van der Waals surface area contributed by atoms with Crippen molar-refractivity contribution in [3.05, 3.63) is 57.5 Å². The summed E-state index contributed by atoms with van der Waals surface area (Å²) >= 11 is 18.1. The van der Waals surface area contributed by atoms with Crippen LogP contribution in [0.4, 0.5) is 0 Å². The summed E-state index contributed by atoms with van der Waals surface area (Å²) in [6, 6.07) is 9.36. The minimum absolute atomic E-state index is 0.490. The number of likely N-dealkylation sites (tertiary alicyclic amines) is 1. The second kappa shape index (κ2) is 7.48. The van der Waals surface area contributed by atoms with E-state index in [1.165, 1.54) is 17.7 Å². The Labute approximate surface area is 166 Å². The van der Waals surface area contributed by atoms with Gasteiger partial charge in [0.2, 0.25) is 4.77 Å². The van der Waals surface area contributed by atoms with Gasteiger partial charge in [-0.25, -0.2) is 0 Å². The Morgan fingerprint density at radius 3 is 2.46 bits per heavy atom. The third-order valence-corrected chi connectivity index (χ3v) is 5.76. The van der Waals surface area contributed by atoms with Crippen LogP contribution in [0.25, 0.3) is 17.1 Å². The number of quaternary nitrogens is 1. The number of rotatable bonds is 4. The molecular formula is C18H18Cl2N5S+. The van der Waals surface area contributed by atoms with Gasteiger partial charge >= 0.3 is 0 Å². The van der Waals surface area contributed by atoms with Crippen LogP contribution in [0.5, 0.6) is 0 Å². The molecule has 0 bridgehead atoms. The molecule has 5 nitrogen and oxygen atoms in total. The van der Waals surface area contributed by atoms with Crippen molar-refractivity contribution in [2.24, 2.45) is 0 Å². The lowest BCUT2D eigenvalue weighted by Crippen LogP contribution is -3.09. The van der Waals surface area contributed by atoms with Gasteiger partial charge in [-0.3, -0.25) is 9.55 Å². The Hall–Kier alpha value is -1.73. The van der Waals surface area contributed by atoms with Crippen LogP contribution < -0.4 is 4.90 Å². The van der Waals surface area contributed by atoms with Crippen molar-refractivity contribution in [2.45, 2.75) is 19.5 Å². The average Bonchev–Trinajstić information content (AvgIpc) is 3.27. The van der Waals surface area contributed by atoms with E-state index in [0.717, 1.165) is 36.8 Å². The molecule has 0 saturated carbocycles. The zero-order valence-corrected chi connectivity index (χ0v) is 16.4. The number of benzene rings is 1. The van der Waals surface area contributed by atoms with Gasteiger partial charge in [0.15, 0.2) is 12.5 Å². The lowest BCUT2D eigenvalue weighted by atomic mass is 10.2. The van der Waals surface area contributed by atoms with Crippen LogP contribution in [0.15, 0.2) is 42.7 Å². The largest absolute Gasteiger partial charge is 0.316 e. The Morgan fingerprint density at radius 2 is 1.77 bits per heavy atom. The summed E-state index contributed by atoms with van der Waals surface area (Å²) in [7, 11) is 0. The fourth-order valence-electron chi connectivity index (χ4n) is 3.30. The summed E-state index contributed by atoms with van der Waals surface area (Å²) in [4.78, 5) is 5.60. The molecule has 0 aliphatic carbocycles. The minimum atomic E-state index is 0.490. The fraction of sp³-hybridized carbons (Fsp3) is 0.278. The second-order valence-electron chi connectivity index (χ2n) is 6.39. The standard InChI is InChI=1S/C18H17Cl2N5S/c19-15-4-3-14(11-16(15)20)25-17(13-5-7-21-8-6-13)22-24(18(25)26)12-23-9-1-2-10-23/h3-8,11H,1-2,9-10,12H2/p+1. The first kappa shape index (κ1) is 17.7. The van der Waals surface area contributed by atoms with Gasteiger partial charge in [0.25, 0.3) is 0 Å². The molecule has 0 atom stereocenters. The van der Waals surface area contributed by atoms with Gasteiger partial charge in [-0.15, -0.1) is 5.10 Å². The van der Waals surface area contributed by atoms with Gasteiger partial charge in [-0.05, 0) is 42.5 Å². The molecule has 8 heteroatoms. The predicted molar refractivity (Wildman–Crippen MR) is 106 cm³/mol. The summed E-state index contributed by atoms with van der Waals surface area (Å²) in [5.41, 5.74) is 1.80. The quantitative estimate of drug-likeness (QED) is 0.674. The highest BCUT2D eigenvalue weighted by molar-refractivity contribution is 7.71. The Bertz CT molecular complexity index is 977. The summed E-state index contributed by atoms with van der Waals surface area (Å²) in [5.74, 6) is 0.773. The van der Waals surface area contributed by atoms with Gasteiger partial charge in [-0.1, -0.05) is 23.2 Å². The molecule has 1 aromatic carbocycles. The van der Waals surface area contributed by atoms with E-state index in [-0.39, 0.29) is 0 Å². The number of nitrogens with zero attached hydrogens (tertiary/aromatic N) is 4. The van der Waals surface area contributed by atoms with E-state index in [9.17, 15) is 0 Å². The molecule has 1 aliphatic rings. The summed E-state index contributed by atoms with van der Waals surface area (Å²) < 4.78 is 4.51. The van der Waals surface area contributed by atoms with Crippen LogP contribution in [-0.2, 0) is 6.67 Å². The maximum atomic E-state index is 6.24. The topological polar surface area (TPSA) is 40.1 Å². The van der Waals surface area contributed by atoms with Crippen molar-refractivity contribution in [1.29, 1.82) is 0 Å². The minimum Gasteiger partial charge on any atom is -0.316 e. The molecule has 1 saturated heterocycles.